The lowest BCUT2D eigenvalue weighted by molar-refractivity contribution is 0.305. The van der Waals surface area contributed by atoms with Gasteiger partial charge in [-0.25, -0.2) is 4.39 Å². The monoisotopic (exact) mass is 319 g/mol. The largest absolute Gasteiger partial charge is 0.300 e. The quantitative estimate of drug-likeness (QED) is 0.793. The second kappa shape index (κ2) is 6.90. The van der Waals surface area contributed by atoms with Crippen LogP contribution in [0.15, 0.2) is 29.4 Å². The molecule has 0 radical (unpaired) electrons. The standard InChI is InChI=1S/C15H18FN5S/c1-10(9-17)22-15-19-18-14(11(2)20(3)4)21(15)13-7-5-12(16)6-8-13/h5-8,10-11H,1-4H3/t10-,11-/m0/s1. The third-order valence-corrected chi connectivity index (χ3v) is 4.29. The summed E-state index contributed by atoms with van der Waals surface area (Å²) in [5.74, 6) is 0.461. The number of hydrogen-bond donors (Lipinski definition) is 0. The van der Waals surface area contributed by atoms with E-state index in [0.29, 0.717) is 5.16 Å². The number of hydrogen-bond acceptors (Lipinski definition) is 5. The Bertz CT molecular complexity index is 674. The maximum Gasteiger partial charge on any atom is 0.197 e. The molecule has 2 atom stereocenters. The predicted molar refractivity (Wildman–Crippen MR) is 84.4 cm³/mol. The van der Waals surface area contributed by atoms with E-state index < -0.39 is 0 Å². The Morgan fingerprint density at radius 2 is 1.86 bits per heavy atom. The Labute approximate surface area is 133 Å². The Morgan fingerprint density at radius 3 is 2.41 bits per heavy atom. The van der Waals surface area contributed by atoms with E-state index in [-0.39, 0.29) is 17.1 Å². The van der Waals surface area contributed by atoms with Crippen LogP contribution in [0, 0.1) is 17.1 Å². The first-order valence-corrected chi connectivity index (χ1v) is 7.76. The molecule has 0 aliphatic rings. The number of rotatable bonds is 5. The molecule has 0 unspecified atom stereocenters. The van der Waals surface area contributed by atoms with Gasteiger partial charge in [-0.1, -0.05) is 11.8 Å². The van der Waals surface area contributed by atoms with Crippen molar-refractivity contribution in [3.63, 3.8) is 0 Å². The molecule has 0 bridgehead atoms. The fourth-order valence-electron chi connectivity index (χ4n) is 1.88. The molecule has 2 rings (SSSR count). The van der Waals surface area contributed by atoms with Crippen molar-refractivity contribution < 1.29 is 4.39 Å². The number of halogens is 1. The summed E-state index contributed by atoms with van der Waals surface area (Å²) in [5, 5.41) is 17.9. The minimum atomic E-state index is -0.293. The fraction of sp³-hybridized carbons (Fsp3) is 0.400. The van der Waals surface area contributed by atoms with Gasteiger partial charge in [0.2, 0.25) is 0 Å². The van der Waals surface area contributed by atoms with E-state index in [4.69, 9.17) is 5.26 Å². The average molecular weight is 319 g/mol. The molecule has 0 spiro atoms. The highest BCUT2D eigenvalue weighted by molar-refractivity contribution is 8.00. The smallest absolute Gasteiger partial charge is 0.197 e. The minimum Gasteiger partial charge on any atom is -0.300 e. The molecular weight excluding hydrogens is 301 g/mol. The lowest BCUT2D eigenvalue weighted by atomic mass is 10.2. The van der Waals surface area contributed by atoms with Gasteiger partial charge in [0.25, 0.3) is 0 Å². The number of thioether (sulfide) groups is 1. The molecule has 22 heavy (non-hydrogen) atoms. The molecule has 7 heteroatoms. The molecule has 1 aromatic carbocycles. The Morgan fingerprint density at radius 1 is 1.23 bits per heavy atom. The molecule has 116 valence electrons. The van der Waals surface area contributed by atoms with Crippen molar-refractivity contribution in [3.8, 4) is 11.8 Å². The van der Waals surface area contributed by atoms with Gasteiger partial charge in [0, 0.05) is 5.69 Å². The number of aromatic nitrogens is 3. The van der Waals surface area contributed by atoms with Gasteiger partial charge in [0.1, 0.15) is 5.82 Å². The molecular formula is C15H18FN5S. The summed E-state index contributed by atoms with van der Waals surface area (Å²) in [6.07, 6.45) is 0. The topological polar surface area (TPSA) is 57.7 Å². The zero-order valence-corrected chi connectivity index (χ0v) is 13.8. The maximum atomic E-state index is 13.2. The van der Waals surface area contributed by atoms with Crippen molar-refractivity contribution in [2.45, 2.75) is 30.3 Å². The first kappa shape index (κ1) is 16.5. The van der Waals surface area contributed by atoms with E-state index in [1.54, 1.807) is 12.1 Å². The van der Waals surface area contributed by atoms with E-state index in [9.17, 15) is 4.39 Å². The van der Waals surface area contributed by atoms with E-state index in [1.165, 1.54) is 23.9 Å². The van der Waals surface area contributed by atoms with Gasteiger partial charge in [-0.2, -0.15) is 5.26 Å². The fourth-order valence-corrected chi connectivity index (χ4v) is 2.64. The second-order valence-corrected chi connectivity index (χ2v) is 6.49. The molecule has 2 aromatic rings. The summed E-state index contributed by atoms with van der Waals surface area (Å²) >= 11 is 1.34. The van der Waals surface area contributed by atoms with Crippen LogP contribution in [0.2, 0.25) is 0 Å². The third-order valence-electron chi connectivity index (χ3n) is 3.36. The summed E-state index contributed by atoms with van der Waals surface area (Å²) < 4.78 is 15.1. The molecule has 0 N–H and O–H groups in total. The zero-order chi connectivity index (χ0) is 16.3. The summed E-state index contributed by atoms with van der Waals surface area (Å²) in [4.78, 5) is 2.02. The van der Waals surface area contributed by atoms with Crippen LogP contribution in [0.5, 0.6) is 0 Å². The molecule has 0 amide bonds. The number of nitrogens with zero attached hydrogens (tertiary/aromatic N) is 5. The summed E-state index contributed by atoms with van der Waals surface area (Å²) in [6, 6.07) is 8.39. The normalized spacial score (nSPS) is 13.9. The van der Waals surface area contributed by atoms with Crippen LogP contribution in [0.4, 0.5) is 4.39 Å². The first-order chi connectivity index (χ1) is 10.4. The molecule has 0 aliphatic heterocycles. The lowest BCUT2D eigenvalue weighted by Gasteiger charge is -2.20. The van der Waals surface area contributed by atoms with Gasteiger partial charge in [0.15, 0.2) is 11.0 Å². The van der Waals surface area contributed by atoms with Crippen LogP contribution < -0.4 is 0 Å². The van der Waals surface area contributed by atoms with Gasteiger partial charge >= 0.3 is 0 Å². The van der Waals surface area contributed by atoms with Crippen LogP contribution in [-0.2, 0) is 0 Å². The van der Waals surface area contributed by atoms with E-state index in [0.717, 1.165) is 11.5 Å². The third kappa shape index (κ3) is 3.46. The Hall–Kier alpha value is -1.91. The highest BCUT2D eigenvalue weighted by Crippen LogP contribution is 2.28. The van der Waals surface area contributed by atoms with Crippen LogP contribution >= 0.6 is 11.8 Å². The highest BCUT2D eigenvalue weighted by Gasteiger charge is 2.22. The van der Waals surface area contributed by atoms with Crippen molar-refractivity contribution in [2.75, 3.05) is 14.1 Å². The summed E-state index contributed by atoms with van der Waals surface area (Å²) in [7, 11) is 3.91. The second-order valence-electron chi connectivity index (χ2n) is 5.18. The van der Waals surface area contributed by atoms with Crippen LogP contribution in [0.3, 0.4) is 0 Å². The summed E-state index contributed by atoms with van der Waals surface area (Å²) in [6.45, 7) is 3.83. The molecule has 0 aliphatic carbocycles. The molecule has 5 nitrogen and oxygen atoms in total. The molecule has 0 saturated carbocycles. The zero-order valence-electron chi connectivity index (χ0n) is 13.0. The average Bonchev–Trinajstić information content (AvgIpc) is 2.90. The predicted octanol–water partition coefficient (Wildman–Crippen LogP) is 3.03. The van der Waals surface area contributed by atoms with Crippen molar-refractivity contribution in [1.82, 2.24) is 19.7 Å². The highest BCUT2D eigenvalue weighted by atomic mass is 32.2. The first-order valence-electron chi connectivity index (χ1n) is 6.88. The van der Waals surface area contributed by atoms with E-state index >= 15 is 0 Å². The van der Waals surface area contributed by atoms with Gasteiger partial charge in [-0.15, -0.1) is 10.2 Å². The number of benzene rings is 1. The van der Waals surface area contributed by atoms with E-state index in [1.807, 2.05) is 37.4 Å². The van der Waals surface area contributed by atoms with Gasteiger partial charge < -0.3 is 0 Å². The lowest BCUT2D eigenvalue weighted by Crippen LogP contribution is -2.20. The molecule has 1 heterocycles. The van der Waals surface area contributed by atoms with Gasteiger partial charge in [-0.05, 0) is 52.2 Å². The van der Waals surface area contributed by atoms with E-state index in [2.05, 4.69) is 16.3 Å². The van der Waals surface area contributed by atoms with Crippen molar-refractivity contribution >= 4 is 11.8 Å². The van der Waals surface area contributed by atoms with Crippen LogP contribution in [0.25, 0.3) is 5.69 Å². The Kier molecular flexibility index (Phi) is 5.16. The van der Waals surface area contributed by atoms with Crippen molar-refractivity contribution in [2.24, 2.45) is 0 Å². The number of nitriles is 1. The minimum absolute atomic E-state index is 0.0318. The van der Waals surface area contributed by atoms with Crippen molar-refractivity contribution in [3.05, 3.63) is 35.9 Å². The SMILES string of the molecule is C[C@@H](C#N)Sc1nnc([C@H](C)N(C)C)n1-c1ccc(F)cc1. The molecule has 1 aromatic heterocycles. The Balaban J connectivity index is 2.52. The van der Waals surface area contributed by atoms with Crippen LogP contribution in [0.1, 0.15) is 25.7 Å². The van der Waals surface area contributed by atoms with Crippen molar-refractivity contribution in [1.29, 1.82) is 5.26 Å². The summed E-state index contributed by atoms with van der Waals surface area (Å²) in [5.41, 5.74) is 0.780. The molecule has 0 saturated heterocycles. The van der Waals surface area contributed by atoms with Crippen LogP contribution in [-0.4, -0.2) is 39.0 Å². The maximum absolute atomic E-state index is 13.2. The van der Waals surface area contributed by atoms with Gasteiger partial charge in [-0.3, -0.25) is 9.47 Å². The van der Waals surface area contributed by atoms with Gasteiger partial charge in [0.05, 0.1) is 17.4 Å². The molecule has 0 fully saturated rings.